The lowest BCUT2D eigenvalue weighted by Gasteiger charge is -2.11. The second kappa shape index (κ2) is 9.01. The van der Waals surface area contributed by atoms with E-state index in [2.05, 4.69) is 20.9 Å². The van der Waals surface area contributed by atoms with E-state index in [0.717, 1.165) is 0 Å². The third kappa shape index (κ3) is 4.93. The SMILES string of the molecule is CCOc1cccc(/C=N/NC(=O)CNc2n[nH]c(=O)[nH]c2=O)c1OC. The molecule has 0 fully saturated rings. The Morgan fingerprint density at radius 1 is 1.38 bits per heavy atom. The summed E-state index contributed by atoms with van der Waals surface area (Å²) in [6, 6.07) is 5.28. The van der Waals surface area contributed by atoms with Gasteiger partial charge in [0.05, 0.1) is 26.5 Å². The van der Waals surface area contributed by atoms with Crippen molar-refractivity contribution in [1.29, 1.82) is 0 Å². The first-order chi connectivity index (χ1) is 12.5. The van der Waals surface area contributed by atoms with Crippen LogP contribution in [-0.2, 0) is 4.79 Å². The number of amides is 1. The number of rotatable bonds is 8. The molecule has 0 saturated carbocycles. The number of nitrogens with zero attached hydrogens (tertiary/aromatic N) is 2. The smallest absolute Gasteiger partial charge is 0.342 e. The normalized spacial score (nSPS) is 10.5. The Labute approximate surface area is 147 Å². The Hall–Kier alpha value is -3.63. The number of para-hydroxylation sites is 1. The topological polar surface area (TPSA) is 151 Å². The van der Waals surface area contributed by atoms with Crippen LogP contribution in [0, 0.1) is 0 Å². The van der Waals surface area contributed by atoms with E-state index in [9.17, 15) is 14.4 Å². The first-order valence-electron chi connectivity index (χ1n) is 7.59. The predicted octanol–water partition coefficient (Wildman–Crippen LogP) is -0.572. The molecule has 2 rings (SSSR count). The number of hydrogen-bond acceptors (Lipinski definition) is 8. The molecule has 0 aliphatic heterocycles. The molecule has 1 aromatic carbocycles. The molecular weight excluding hydrogens is 344 g/mol. The van der Waals surface area contributed by atoms with Crippen molar-refractivity contribution in [3.05, 3.63) is 44.6 Å². The summed E-state index contributed by atoms with van der Waals surface area (Å²) in [7, 11) is 1.51. The van der Waals surface area contributed by atoms with Gasteiger partial charge < -0.3 is 14.8 Å². The van der Waals surface area contributed by atoms with Crippen molar-refractivity contribution >= 4 is 17.9 Å². The molecule has 0 bridgehead atoms. The lowest BCUT2D eigenvalue weighted by atomic mass is 10.2. The van der Waals surface area contributed by atoms with E-state index in [0.29, 0.717) is 23.7 Å². The third-order valence-corrected chi connectivity index (χ3v) is 3.03. The molecule has 0 aliphatic carbocycles. The number of nitrogens with one attached hydrogen (secondary N) is 4. The summed E-state index contributed by atoms with van der Waals surface area (Å²) in [5.41, 5.74) is 1.44. The summed E-state index contributed by atoms with van der Waals surface area (Å²) < 4.78 is 10.8. The highest BCUT2D eigenvalue weighted by molar-refractivity contribution is 5.87. The van der Waals surface area contributed by atoms with E-state index in [1.165, 1.54) is 13.3 Å². The molecule has 2 aromatic rings. The van der Waals surface area contributed by atoms with Crippen molar-refractivity contribution in [3.63, 3.8) is 0 Å². The highest BCUT2D eigenvalue weighted by Crippen LogP contribution is 2.29. The summed E-state index contributed by atoms with van der Waals surface area (Å²) in [6.07, 6.45) is 1.41. The highest BCUT2D eigenvalue weighted by Gasteiger charge is 2.08. The average molecular weight is 362 g/mol. The number of anilines is 1. The van der Waals surface area contributed by atoms with E-state index in [1.807, 2.05) is 17.0 Å². The van der Waals surface area contributed by atoms with Crippen LogP contribution in [0.2, 0.25) is 0 Å². The van der Waals surface area contributed by atoms with Crippen molar-refractivity contribution in [2.75, 3.05) is 25.6 Å². The van der Waals surface area contributed by atoms with Gasteiger partial charge in [-0.1, -0.05) is 6.07 Å². The molecule has 0 saturated heterocycles. The van der Waals surface area contributed by atoms with Crippen LogP contribution in [0.3, 0.4) is 0 Å². The lowest BCUT2D eigenvalue weighted by Crippen LogP contribution is -2.31. The van der Waals surface area contributed by atoms with E-state index in [4.69, 9.17) is 9.47 Å². The quantitative estimate of drug-likeness (QED) is 0.362. The van der Waals surface area contributed by atoms with Gasteiger partial charge in [0.1, 0.15) is 0 Å². The van der Waals surface area contributed by atoms with Gasteiger partial charge in [0.15, 0.2) is 11.5 Å². The lowest BCUT2D eigenvalue weighted by molar-refractivity contribution is -0.119. The van der Waals surface area contributed by atoms with Crippen LogP contribution < -0.4 is 31.5 Å². The summed E-state index contributed by atoms with van der Waals surface area (Å²) in [5.74, 6) is 0.355. The van der Waals surface area contributed by atoms with Crippen LogP contribution in [-0.4, -0.2) is 47.6 Å². The predicted molar refractivity (Wildman–Crippen MR) is 93.9 cm³/mol. The van der Waals surface area contributed by atoms with Gasteiger partial charge >= 0.3 is 5.69 Å². The first-order valence-corrected chi connectivity index (χ1v) is 7.59. The molecule has 1 aromatic heterocycles. The number of aromatic nitrogens is 3. The van der Waals surface area contributed by atoms with Gasteiger partial charge in [-0.2, -0.15) is 5.10 Å². The molecule has 0 aliphatic rings. The number of aromatic amines is 2. The number of ether oxygens (including phenoxy) is 2. The number of H-pyrrole nitrogens is 2. The second-order valence-electron chi connectivity index (χ2n) is 4.81. The summed E-state index contributed by atoms with van der Waals surface area (Å²) >= 11 is 0. The second-order valence-corrected chi connectivity index (χ2v) is 4.81. The largest absolute Gasteiger partial charge is 0.492 e. The van der Waals surface area contributed by atoms with E-state index in [-0.39, 0.29) is 12.4 Å². The number of hydrogen-bond donors (Lipinski definition) is 4. The minimum atomic E-state index is -0.738. The molecule has 0 radical (unpaired) electrons. The zero-order chi connectivity index (χ0) is 18.9. The Kier molecular flexibility index (Phi) is 6.48. The molecular formula is C15H18N6O5. The van der Waals surface area contributed by atoms with Crippen LogP contribution in [0.4, 0.5) is 5.82 Å². The van der Waals surface area contributed by atoms with Gasteiger partial charge in [0.25, 0.3) is 11.5 Å². The van der Waals surface area contributed by atoms with Crippen molar-refractivity contribution in [1.82, 2.24) is 20.6 Å². The molecule has 0 spiro atoms. The standard InChI is InChI=1S/C15H18N6O5/c1-3-26-10-6-4-5-9(12(10)25-2)7-17-19-11(22)8-16-13-14(23)18-15(24)21-20-13/h4-7H,3,8H2,1-2H3,(H,16,20)(H,19,22)(H2,18,21,23,24)/b17-7+. The zero-order valence-corrected chi connectivity index (χ0v) is 14.2. The van der Waals surface area contributed by atoms with Crippen LogP contribution in [0.5, 0.6) is 11.5 Å². The molecule has 0 atom stereocenters. The highest BCUT2D eigenvalue weighted by atomic mass is 16.5. The van der Waals surface area contributed by atoms with Crippen molar-refractivity contribution in [3.8, 4) is 11.5 Å². The average Bonchev–Trinajstić information content (AvgIpc) is 2.61. The number of benzene rings is 1. The molecule has 138 valence electrons. The molecule has 11 nitrogen and oxygen atoms in total. The Balaban J connectivity index is 1.95. The minimum Gasteiger partial charge on any atom is -0.492 e. The van der Waals surface area contributed by atoms with Gasteiger partial charge in [0.2, 0.25) is 5.82 Å². The van der Waals surface area contributed by atoms with Crippen molar-refractivity contribution < 1.29 is 14.3 Å². The van der Waals surface area contributed by atoms with Crippen LogP contribution in [0.1, 0.15) is 12.5 Å². The fourth-order valence-corrected chi connectivity index (χ4v) is 1.97. The summed E-state index contributed by atoms with van der Waals surface area (Å²) in [5, 5.41) is 11.9. The Bertz CT molecular complexity index is 904. The Morgan fingerprint density at radius 2 is 2.19 bits per heavy atom. The number of carbonyl (C=O) groups excluding carboxylic acids is 1. The maximum absolute atomic E-state index is 11.8. The maximum atomic E-state index is 11.8. The van der Waals surface area contributed by atoms with E-state index < -0.39 is 17.2 Å². The van der Waals surface area contributed by atoms with E-state index in [1.54, 1.807) is 18.2 Å². The fraction of sp³-hybridized carbons (Fsp3) is 0.267. The number of hydrazone groups is 1. The van der Waals surface area contributed by atoms with Crippen LogP contribution in [0.25, 0.3) is 0 Å². The number of methoxy groups -OCH3 is 1. The summed E-state index contributed by atoms with van der Waals surface area (Å²) in [4.78, 5) is 36.0. The molecule has 4 N–H and O–H groups in total. The van der Waals surface area contributed by atoms with Gasteiger partial charge in [0, 0.05) is 5.56 Å². The zero-order valence-electron chi connectivity index (χ0n) is 14.2. The number of carbonyl (C=O) groups is 1. The Morgan fingerprint density at radius 3 is 2.88 bits per heavy atom. The first kappa shape index (κ1) is 18.7. The molecule has 26 heavy (non-hydrogen) atoms. The van der Waals surface area contributed by atoms with Gasteiger partial charge in [-0.15, -0.1) is 5.10 Å². The van der Waals surface area contributed by atoms with Crippen LogP contribution >= 0.6 is 0 Å². The van der Waals surface area contributed by atoms with Gasteiger partial charge in [-0.3, -0.25) is 14.6 Å². The van der Waals surface area contributed by atoms with Crippen LogP contribution in [0.15, 0.2) is 32.9 Å². The minimum absolute atomic E-state index is 0.185. The molecule has 11 heteroatoms. The third-order valence-electron chi connectivity index (χ3n) is 3.03. The van der Waals surface area contributed by atoms with Gasteiger partial charge in [-0.05, 0) is 19.1 Å². The fourth-order valence-electron chi connectivity index (χ4n) is 1.97. The van der Waals surface area contributed by atoms with E-state index >= 15 is 0 Å². The molecule has 0 unspecified atom stereocenters. The van der Waals surface area contributed by atoms with Gasteiger partial charge in [-0.25, -0.2) is 15.3 Å². The summed E-state index contributed by atoms with van der Waals surface area (Å²) in [6.45, 7) is 2.07. The maximum Gasteiger partial charge on any atom is 0.342 e. The molecule has 1 amide bonds. The van der Waals surface area contributed by atoms with Crippen molar-refractivity contribution in [2.45, 2.75) is 6.92 Å². The van der Waals surface area contributed by atoms with Crippen molar-refractivity contribution in [2.24, 2.45) is 5.10 Å². The monoisotopic (exact) mass is 362 g/mol. The molecule has 1 heterocycles.